The van der Waals surface area contributed by atoms with Crippen molar-refractivity contribution in [1.82, 2.24) is 0 Å². The largest absolute Gasteiger partial charge is 0.481 e. The molecule has 2 aromatic rings. The van der Waals surface area contributed by atoms with Gasteiger partial charge in [0.15, 0.2) is 0 Å². The normalized spacial score (nSPS) is 25.3. The summed E-state index contributed by atoms with van der Waals surface area (Å²) in [5.41, 5.74) is 0.685. The molecule has 1 aliphatic carbocycles. The van der Waals surface area contributed by atoms with Gasteiger partial charge >= 0.3 is 5.97 Å². The van der Waals surface area contributed by atoms with Gasteiger partial charge in [0.2, 0.25) is 0 Å². The van der Waals surface area contributed by atoms with Crippen molar-refractivity contribution in [2.24, 2.45) is 5.92 Å². The Bertz CT molecular complexity index is 697. The molecule has 0 aromatic heterocycles. The Hall–Kier alpha value is -1.87. The second kappa shape index (κ2) is 5.73. The Balaban J connectivity index is 2.14. The van der Waals surface area contributed by atoms with E-state index in [4.69, 9.17) is 0 Å². The molecule has 0 radical (unpaired) electrons. The predicted octanol–water partition coefficient (Wildman–Crippen LogP) is 3.86. The van der Waals surface area contributed by atoms with E-state index in [-0.39, 0.29) is 6.42 Å². The standard InChI is InChI=1S/C19H22O3/c1-13-8-10-19(22,11-9-13)17-7-6-14-4-2-3-5-15(14)16(17)12-18(20)21/h2-7,13,22H,8-12H2,1H3,(H,20,21). The van der Waals surface area contributed by atoms with E-state index in [1.165, 1.54) is 0 Å². The van der Waals surface area contributed by atoms with Crippen LogP contribution in [0.2, 0.25) is 0 Å². The molecule has 1 saturated carbocycles. The van der Waals surface area contributed by atoms with Gasteiger partial charge < -0.3 is 10.2 Å². The Labute approximate surface area is 130 Å². The molecule has 0 unspecified atom stereocenters. The number of hydrogen-bond acceptors (Lipinski definition) is 2. The summed E-state index contributed by atoms with van der Waals surface area (Å²) in [4.78, 5) is 11.3. The molecule has 3 heteroatoms. The van der Waals surface area contributed by atoms with Crippen LogP contribution < -0.4 is 0 Å². The SMILES string of the molecule is CC1CCC(O)(c2ccc3ccccc3c2CC(=O)O)CC1. The summed E-state index contributed by atoms with van der Waals surface area (Å²) in [6.07, 6.45) is 3.33. The monoisotopic (exact) mass is 298 g/mol. The Morgan fingerprint density at radius 3 is 2.55 bits per heavy atom. The maximum absolute atomic E-state index is 11.3. The predicted molar refractivity (Wildman–Crippen MR) is 86.8 cm³/mol. The van der Waals surface area contributed by atoms with Gasteiger partial charge in [0.05, 0.1) is 12.0 Å². The van der Waals surface area contributed by atoms with Crippen molar-refractivity contribution in [3.05, 3.63) is 47.5 Å². The molecule has 2 N–H and O–H groups in total. The van der Waals surface area contributed by atoms with Gasteiger partial charge in [0.1, 0.15) is 0 Å². The zero-order valence-corrected chi connectivity index (χ0v) is 12.9. The molecule has 3 rings (SSSR count). The maximum atomic E-state index is 11.3. The van der Waals surface area contributed by atoms with E-state index in [0.717, 1.165) is 34.7 Å². The number of rotatable bonds is 3. The Kier molecular flexibility index (Phi) is 3.92. The van der Waals surface area contributed by atoms with Crippen LogP contribution in [0.15, 0.2) is 36.4 Å². The van der Waals surface area contributed by atoms with Crippen molar-refractivity contribution in [3.8, 4) is 0 Å². The summed E-state index contributed by atoms with van der Waals surface area (Å²) in [6, 6.07) is 11.7. The molecule has 0 amide bonds. The minimum Gasteiger partial charge on any atom is -0.481 e. The van der Waals surface area contributed by atoms with E-state index in [0.29, 0.717) is 18.8 Å². The van der Waals surface area contributed by atoms with E-state index >= 15 is 0 Å². The van der Waals surface area contributed by atoms with Gasteiger partial charge in [0.25, 0.3) is 0 Å². The topological polar surface area (TPSA) is 57.5 Å². The number of aliphatic hydroxyl groups is 1. The molecule has 2 aromatic carbocycles. The van der Waals surface area contributed by atoms with E-state index < -0.39 is 11.6 Å². The third-order valence-electron chi connectivity index (χ3n) is 4.97. The molecule has 0 aliphatic heterocycles. The molecule has 0 bridgehead atoms. The van der Waals surface area contributed by atoms with E-state index in [1.54, 1.807) is 0 Å². The van der Waals surface area contributed by atoms with E-state index in [1.807, 2.05) is 36.4 Å². The first-order valence-corrected chi connectivity index (χ1v) is 7.95. The number of benzene rings is 2. The molecule has 1 aliphatic rings. The number of hydrogen-bond donors (Lipinski definition) is 2. The minimum atomic E-state index is -0.888. The second-order valence-electron chi connectivity index (χ2n) is 6.60. The van der Waals surface area contributed by atoms with Crippen LogP contribution in [0.5, 0.6) is 0 Å². The van der Waals surface area contributed by atoms with Gasteiger partial charge in [-0.25, -0.2) is 0 Å². The summed E-state index contributed by atoms with van der Waals surface area (Å²) >= 11 is 0. The zero-order chi connectivity index (χ0) is 15.7. The lowest BCUT2D eigenvalue weighted by atomic mass is 9.73. The van der Waals surface area contributed by atoms with Crippen molar-refractivity contribution in [3.63, 3.8) is 0 Å². The molecule has 0 saturated heterocycles. The first kappa shape index (κ1) is 15.0. The molecule has 1 fully saturated rings. The third kappa shape index (κ3) is 2.73. The minimum absolute atomic E-state index is 0.0471. The highest BCUT2D eigenvalue weighted by molar-refractivity contribution is 5.90. The van der Waals surface area contributed by atoms with Crippen molar-refractivity contribution in [2.45, 2.75) is 44.6 Å². The van der Waals surface area contributed by atoms with Gasteiger partial charge in [0, 0.05) is 0 Å². The lowest BCUT2D eigenvalue weighted by Gasteiger charge is -2.37. The zero-order valence-electron chi connectivity index (χ0n) is 12.9. The number of carboxylic acid groups (broad SMARTS) is 1. The van der Waals surface area contributed by atoms with Gasteiger partial charge in [-0.3, -0.25) is 4.79 Å². The maximum Gasteiger partial charge on any atom is 0.307 e. The summed E-state index contributed by atoms with van der Waals surface area (Å²) in [6.45, 7) is 2.21. The molecule has 0 spiro atoms. The summed E-state index contributed by atoms with van der Waals surface area (Å²) in [5.74, 6) is -0.228. The molecule has 0 atom stereocenters. The molecule has 3 nitrogen and oxygen atoms in total. The molecule has 0 heterocycles. The fraction of sp³-hybridized carbons (Fsp3) is 0.421. The average molecular weight is 298 g/mol. The van der Waals surface area contributed by atoms with Crippen LogP contribution in [-0.4, -0.2) is 16.2 Å². The highest BCUT2D eigenvalue weighted by atomic mass is 16.4. The van der Waals surface area contributed by atoms with Crippen molar-refractivity contribution >= 4 is 16.7 Å². The summed E-state index contributed by atoms with van der Waals surface area (Å²) in [7, 11) is 0. The quantitative estimate of drug-likeness (QED) is 0.904. The van der Waals surface area contributed by atoms with Crippen LogP contribution in [0.25, 0.3) is 10.8 Å². The molecule has 22 heavy (non-hydrogen) atoms. The van der Waals surface area contributed by atoms with Crippen LogP contribution in [-0.2, 0) is 16.8 Å². The number of fused-ring (bicyclic) bond motifs is 1. The van der Waals surface area contributed by atoms with Crippen LogP contribution in [0.3, 0.4) is 0 Å². The van der Waals surface area contributed by atoms with Gasteiger partial charge in [-0.05, 0) is 53.5 Å². The van der Waals surface area contributed by atoms with E-state index in [9.17, 15) is 15.0 Å². The van der Waals surface area contributed by atoms with E-state index in [2.05, 4.69) is 6.92 Å². The third-order valence-corrected chi connectivity index (χ3v) is 4.97. The van der Waals surface area contributed by atoms with Gasteiger partial charge in [-0.2, -0.15) is 0 Å². The fourth-order valence-corrected chi connectivity index (χ4v) is 3.62. The second-order valence-corrected chi connectivity index (χ2v) is 6.60. The van der Waals surface area contributed by atoms with Crippen molar-refractivity contribution in [2.75, 3.05) is 0 Å². The summed E-state index contributed by atoms with van der Waals surface area (Å²) in [5, 5.41) is 22.4. The van der Waals surface area contributed by atoms with Gasteiger partial charge in [-0.15, -0.1) is 0 Å². The molecule has 116 valence electrons. The first-order chi connectivity index (χ1) is 10.5. The van der Waals surface area contributed by atoms with Crippen LogP contribution >= 0.6 is 0 Å². The lowest BCUT2D eigenvalue weighted by Crippen LogP contribution is -2.32. The number of carboxylic acids is 1. The summed E-state index contributed by atoms with van der Waals surface area (Å²) < 4.78 is 0. The Morgan fingerprint density at radius 1 is 1.18 bits per heavy atom. The van der Waals surface area contributed by atoms with Crippen molar-refractivity contribution in [1.29, 1.82) is 0 Å². The highest BCUT2D eigenvalue weighted by Crippen LogP contribution is 2.42. The van der Waals surface area contributed by atoms with Crippen LogP contribution in [0, 0.1) is 5.92 Å². The van der Waals surface area contributed by atoms with Crippen LogP contribution in [0.4, 0.5) is 0 Å². The van der Waals surface area contributed by atoms with Gasteiger partial charge in [-0.1, -0.05) is 43.3 Å². The van der Waals surface area contributed by atoms with Crippen molar-refractivity contribution < 1.29 is 15.0 Å². The number of carbonyl (C=O) groups is 1. The fourth-order valence-electron chi connectivity index (χ4n) is 3.62. The highest BCUT2D eigenvalue weighted by Gasteiger charge is 2.35. The lowest BCUT2D eigenvalue weighted by molar-refractivity contribution is -0.136. The smallest absolute Gasteiger partial charge is 0.307 e. The molecular weight excluding hydrogens is 276 g/mol. The average Bonchev–Trinajstić information content (AvgIpc) is 2.50. The first-order valence-electron chi connectivity index (χ1n) is 7.95. The molecular formula is C19H22O3. The number of aliphatic carboxylic acids is 1. The van der Waals surface area contributed by atoms with Crippen LogP contribution in [0.1, 0.15) is 43.7 Å². The Morgan fingerprint density at radius 2 is 1.86 bits per heavy atom.